The summed E-state index contributed by atoms with van der Waals surface area (Å²) in [5.41, 5.74) is 0. The first-order valence-corrected chi connectivity index (χ1v) is 8.99. The molecule has 1 aliphatic rings. The van der Waals surface area contributed by atoms with E-state index in [9.17, 15) is 14.4 Å². The Labute approximate surface area is 149 Å². The summed E-state index contributed by atoms with van der Waals surface area (Å²) in [6.07, 6.45) is 8.49. The van der Waals surface area contributed by atoms with Gasteiger partial charge in [-0.25, -0.2) is 0 Å². The molecule has 0 N–H and O–H groups in total. The molecule has 0 saturated heterocycles. The molecule has 0 saturated carbocycles. The largest absolute Gasteiger partial charge is 0.463 e. The highest BCUT2D eigenvalue weighted by molar-refractivity contribution is 6.12. The van der Waals surface area contributed by atoms with E-state index < -0.39 is 0 Å². The van der Waals surface area contributed by atoms with Crippen LogP contribution in [0.2, 0.25) is 0 Å². The second kappa shape index (κ2) is 13.5. The van der Waals surface area contributed by atoms with Crippen LogP contribution in [0.5, 0.6) is 0 Å². The van der Waals surface area contributed by atoms with Crippen molar-refractivity contribution in [3.63, 3.8) is 0 Å². The van der Waals surface area contributed by atoms with E-state index in [1.165, 1.54) is 31.4 Å². The molecular weight excluding hydrogens is 326 g/mol. The van der Waals surface area contributed by atoms with Crippen molar-refractivity contribution in [1.82, 2.24) is 4.90 Å². The van der Waals surface area contributed by atoms with Crippen molar-refractivity contribution < 1.29 is 28.6 Å². The number of imide groups is 1. The molecule has 25 heavy (non-hydrogen) atoms. The van der Waals surface area contributed by atoms with Gasteiger partial charge in [-0.1, -0.05) is 32.6 Å². The lowest BCUT2D eigenvalue weighted by Crippen LogP contribution is -2.33. The molecule has 0 fully saturated rings. The molecule has 7 heteroatoms. The van der Waals surface area contributed by atoms with Crippen LogP contribution in [0, 0.1) is 0 Å². The minimum absolute atomic E-state index is 0.176. The molecule has 0 radical (unpaired) electrons. The highest BCUT2D eigenvalue weighted by atomic mass is 16.6. The van der Waals surface area contributed by atoms with Gasteiger partial charge in [0.25, 0.3) is 11.8 Å². The number of hydrogen-bond acceptors (Lipinski definition) is 6. The van der Waals surface area contributed by atoms with Gasteiger partial charge in [0, 0.05) is 18.6 Å². The first kappa shape index (κ1) is 21.3. The topological polar surface area (TPSA) is 82.1 Å². The first-order chi connectivity index (χ1) is 12.1. The summed E-state index contributed by atoms with van der Waals surface area (Å²) in [6, 6.07) is 0. The lowest BCUT2D eigenvalue weighted by Gasteiger charge is -2.13. The van der Waals surface area contributed by atoms with Crippen LogP contribution in [0.1, 0.15) is 45.4 Å². The Balaban J connectivity index is 1.83. The Morgan fingerprint density at radius 3 is 2.16 bits per heavy atom. The fraction of sp³-hybridized carbons (Fsp3) is 0.722. The Morgan fingerprint density at radius 2 is 1.48 bits per heavy atom. The summed E-state index contributed by atoms with van der Waals surface area (Å²) in [6.45, 7) is 3.97. The smallest absolute Gasteiger partial charge is 0.305 e. The monoisotopic (exact) mass is 355 g/mol. The van der Waals surface area contributed by atoms with Crippen molar-refractivity contribution in [2.75, 3.05) is 39.6 Å². The molecule has 0 spiro atoms. The summed E-state index contributed by atoms with van der Waals surface area (Å²) >= 11 is 0. The van der Waals surface area contributed by atoms with E-state index in [1.54, 1.807) is 0 Å². The average molecular weight is 355 g/mol. The molecule has 0 bridgehead atoms. The van der Waals surface area contributed by atoms with Crippen molar-refractivity contribution in [1.29, 1.82) is 0 Å². The molecule has 0 aromatic heterocycles. The van der Waals surface area contributed by atoms with Crippen LogP contribution in [0.25, 0.3) is 0 Å². The zero-order valence-corrected chi connectivity index (χ0v) is 15.0. The number of ether oxygens (including phenoxy) is 3. The first-order valence-electron chi connectivity index (χ1n) is 8.99. The number of rotatable bonds is 15. The van der Waals surface area contributed by atoms with Gasteiger partial charge < -0.3 is 14.2 Å². The molecule has 7 nitrogen and oxygen atoms in total. The molecular formula is C18H29NO6. The van der Waals surface area contributed by atoms with Gasteiger partial charge in [0.05, 0.1) is 33.0 Å². The minimum atomic E-state index is -0.308. The van der Waals surface area contributed by atoms with Crippen LogP contribution < -0.4 is 0 Å². The van der Waals surface area contributed by atoms with Crippen LogP contribution in [0.15, 0.2) is 12.2 Å². The molecule has 1 heterocycles. The van der Waals surface area contributed by atoms with Gasteiger partial charge in [-0.05, 0) is 6.42 Å². The van der Waals surface area contributed by atoms with Gasteiger partial charge in [-0.2, -0.15) is 0 Å². The predicted octanol–water partition coefficient (Wildman–Crippen LogP) is 1.85. The Bertz CT molecular complexity index is 431. The summed E-state index contributed by atoms with van der Waals surface area (Å²) < 4.78 is 15.7. The molecule has 1 aliphatic heterocycles. The van der Waals surface area contributed by atoms with E-state index in [2.05, 4.69) is 6.92 Å². The quantitative estimate of drug-likeness (QED) is 0.253. The zero-order chi connectivity index (χ0) is 18.3. The lowest BCUT2D eigenvalue weighted by atomic mass is 10.1. The summed E-state index contributed by atoms with van der Waals surface area (Å²) in [7, 11) is 0. The molecule has 1 rings (SSSR count). The highest BCUT2D eigenvalue weighted by Crippen LogP contribution is 2.05. The molecule has 0 unspecified atom stereocenters. The fourth-order valence-electron chi connectivity index (χ4n) is 2.29. The second-order valence-electron chi connectivity index (χ2n) is 5.77. The average Bonchev–Trinajstić information content (AvgIpc) is 2.91. The summed E-state index contributed by atoms with van der Waals surface area (Å²) in [4.78, 5) is 35.2. The van der Waals surface area contributed by atoms with Gasteiger partial charge >= 0.3 is 5.97 Å². The van der Waals surface area contributed by atoms with E-state index in [1.807, 2.05) is 0 Å². The maximum atomic E-state index is 11.5. The van der Waals surface area contributed by atoms with Gasteiger partial charge in [-0.15, -0.1) is 0 Å². The molecule has 142 valence electrons. The normalized spacial score (nSPS) is 13.7. The van der Waals surface area contributed by atoms with Crippen molar-refractivity contribution in [2.45, 2.75) is 45.4 Å². The number of hydrogen-bond donors (Lipinski definition) is 0. The summed E-state index contributed by atoms with van der Waals surface area (Å²) in [5.74, 6) is -0.793. The molecule has 0 aromatic rings. The standard InChI is InChI=1S/C18H29NO6/c1-2-3-4-5-6-7-18(22)25-15-14-24-13-12-23-11-10-19-16(20)8-9-17(19)21/h8-9H,2-7,10-15H2,1H3. The zero-order valence-electron chi connectivity index (χ0n) is 15.0. The highest BCUT2D eigenvalue weighted by Gasteiger charge is 2.22. The SMILES string of the molecule is CCCCCCCC(=O)OCCOCCOCCN1C(=O)C=CC1=O. The third-order valence-electron chi connectivity index (χ3n) is 3.71. The van der Waals surface area contributed by atoms with Crippen molar-refractivity contribution in [3.8, 4) is 0 Å². The van der Waals surface area contributed by atoms with Crippen LogP contribution in [0.4, 0.5) is 0 Å². The van der Waals surface area contributed by atoms with E-state index >= 15 is 0 Å². The maximum absolute atomic E-state index is 11.5. The van der Waals surface area contributed by atoms with Gasteiger partial charge in [0.1, 0.15) is 6.61 Å². The minimum Gasteiger partial charge on any atom is -0.463 e. The van der Waals surface area contributed by atoms with Crippen LogP contribution in [-0.2, 0) is 28.6 Å². The van der Waals surface area contributed by atoms with Crippen LogP contribution in [0.3, 0.4) is 0 Å². The van der Waals surface area contributed by atoms with E-state index in [0.29, 0.717) is 26.2 Å². The number of nitrogens with zero attached hydrogens (tertiary/aromatic N) is 1. The van der Waals surface area contributed by atoms with Gasteiger partial charge in [-0.3, -0.25) is 19.3 Å². The number of carbonyl (C=O) groups is 3. The number of unbranched alkanes of at least 4 members (excludes halogenated alkanes) is 4. The lowest BCUT2D eigenvalue weighted by molar-refractivity contribution is -0.145. The van der Waals surface area contributed by atoms with Crippen molar-refractivity contribution in [2.24, 2.45) is 0 Å². The molecule has 2 amide bonds. The predicted molar refractivity (Wildman–Crippen MR) is 91.8 cm³/mol. The van der Waals surface area contributed by atoms with Crippen LogP contribution >= 0.6 is 0 Å². The van der Waals surface area contributed by atoms with E-state index in [-0.39, 0.29) is 37.5 Å². The van der Waals surface area contributed by atoms with Gasteiger partial charge in [0.15, 0.2) is 0 Å². The second-order valence-corrected chi connectivity index (χ2v) is 5.77. The Kier molecular flexibility index (Phi) is 11.6. The van der Waals surface area contributed by atoms with Gasteiger partial charge in [0.2, 0.25) is 0 Å². The number of amides is 2. The third kappa shape index (κ3) is 9.99. The summed E-state index contributed by atoms with van der Waals surface area (Å²) in [5, 5.41) is 0. The van der Waals surface area contributed by atoms with E-state index in [0.717, 1.165) is 17.7 Å². The Morgan fingerprint density at radius 1 is 0.880 bits per heavy atom. The molecule has 0 atom stereocenters. The molecule has 0 aromatic carbocycles. The Hall–Kier alpha value is -1.73. The van der Waals surface area contributed by atoms with Crippen LogP contribution in [-0.4, -0.2) is 62.3 Å². The fourth-order valence-corrected chi connectivity index (χ4v) is 2.29. The number of carbonyl (C=O) groups excluding carboxylic acids is 3. The van der Waals surface area contributed by atoms with E-state index in [4.69, 9.17) is 14.2 Å². The molecule has 0 aliphatic carbocycles. The number of esters is 1. The van der Waals surface area contributed by atoms with Crippen molar-refractivity contribution in [3.05, 3.63) is 12.2 Å². The third-order valence-corrected chi connectivity index (χ3v) is 3.71. The van der Waals surface area contributed by atoms with Crippen molar-refractivity contribution >= 4 is 17.8 Å². The maximum Gasteiger partial charge on any atom is 0.305 e.